The van der Waals surface area contributed by atoms with Gasteiger partial charge in [-0.2, -0.15) is 0 Å². The van der Waals surface area contributed by atoms with Crippen molar-refractivity contribution in [1.82, 2.24) is 15.5 Å². The highest BCUT2D eigenvalue weighted by atomic mass is 32.1. The summed E-state index contributed by atoms with van der Waals surface area (Å²) >= 11 is 1.25. The van der Waals surface area contributed by atoms with Crippen molar-refractivity contribution in [2.75, 3.05) is 19.0 Å². The van der Waals surface area contributed by atoms with Gasteiger partial charge in [0.25, 0.3) is 5.91 Å². The van der Waals surface area contributed by atoms with Crippen LogP contribution in [0.3, 0.4) is 0 Å². The first-order valence-corrected chi connectivity index (χ1v) is 6.78. The van der Waals surface area contributed by atoms with Crippen molar-refractivity contribution < 1.29 is 9.53 Å². The van der Waals surface area contributed by atoms with E-state index >= 15 is 0 Å². The smallest absolute Gasteiger partial charge is 0.282 e. The number of nitrogens with zero attached hydrogens (tertiary/aromatic N) is 2. The fourth-order valence-corrected chi connectivity index (χ4v) is 2.62. The van der Waals surface area contributed by atoms with Crippen molar-refractivity contribution in [3.05, 3.63) is 5.01 Å². The molecule has 0 spiro atoms. The molecule has 1 unspecified atom stereocenters. The van der Waals surface area contributed by atoms with Gasteiger partial charge in [-0.25, -0.2) is 0 Å². The summed E-state index contributed by atoms with van der Waals surface area (Å²) in [6, 6.07) is 0.142. The van der Waals surface area contributed by atoms with Gasteiger partial charge in [-0.15, -0.1) is 10.2 Å². The zero-order valence-corrected chi connectivity index (χ0v) is 11.6. The number of carbonyl (C=O) groups excluding carboxylic acids is 1. The highest BCUT2D eigenvalue weighted by Crippen LogP contribution is 2.24. The zero-order chi connectivity index (χ0) is 13.2. The summed E-state index contributed by atoms with van der Waals surface area (Å²) < 4.78 is 5.62. The van der Waals surface area contributed by atoms with Gasteiger partial charge in [-0.1, -0.05) is 11.3 Å². The largest absolute Gasteiger partial charge is 0.375 e. The van der Waals surface area contributed by atoms with Crippen LogP contribution in [0.25, 0.3) is 0 Å². The Morgan fingerprint density at radius 1 is 1.50 bits per heavy atom. The third-order valence-electron chi connectivity index (χ3n) is 2.87. The molecule has 1 fully saturated rings. The predicted molar refractivity (Wildman–Crippen MR) is 70.0 cm³/mol. The summed E-state index contributed by atoms with van der Waals surface area (Å²) in [6.45, 7) is 4.75. The molecule has 100 valence electrons. The van der Waals surface area contributed by atoms with E-state index in [1.165, 1.54) is 11.3 Å². The van der Waals surface area contributed by atoms with E-state index in [1.54, 1.807) is 7.05 Å². The maximum atomic E-state index is 12.0. The van der Waals surface area contributed by atoms with E-state index < -0.39 is 0 Å². The molecular weight excluding hydrogens is 252 g/mol. The van der Waals surface area contributed by atoms with Crippen LogP contribution in [0.2, 0.25) is 0 Å². The normalized spacial score (nSPS) is 22.5. The highest BCUT2D eigenvalue weighted by molar-refractivity contribution is 7.17. The monoisotopic (exact) mass is 270 g/mol. The van der Waals surface area contributed by atoms with E-state index in [9.17, 15) is 4.79 Å². The lowest BCUT2D eigenvalue weighted by Gasteiger charge is -2.35. The number of aromatic nitrogens is 2. The van der Waals surface area contributed by atoms with Gasteiger partial charge in [0.05, 0.1) is 5.60 Å². The van der Waals surface area contributed by atoms with Gasteiger partial charge in [0, 0.05) is 19.7 Å². The van der Waals surface area contributed by atoms with Crippen molar-refractivity contribution in [1.29, 1.82) is 0 Å². The van der Waals surface area contributed by atoms with E-state index in [-0.39, 0.29) is 17.6 Å². The van der Waals surface area contributed by atoms with Crippen LogP contribution < -0.4 is 10.6 Å². The Morgan fingerprint density at radius 3 is 2.89 bits per heavy atom. The number of rotatable bonds is 3. The molecule has 0 aromatic carbocycles. The van der Waals surface area contributed by atoms with Gasteiger partial charge in [0.2, 0.25) is 10.1 Å². The van der Waals surface area contributed by atoms with Gasteiger partial charge in [0.1, 0.15) is 0 Å². The minimum Gasteiger partial charge on any atom is -0.375 e. The van der Waals surface area contributed by atoms with Crippen molar-refractivity contribution in [3.8, 4) is 0 Å². The highest BCUT2D eigenvalue weighted by Gasteiger charge is 2.30. The van der Waals surface area contributed by atoms with Crippen LogP contribution >= 0.6 is 11.3 Å². The van der Waals surface area contributed by atoms with Gasteiger partial charge in [-0.05, 0) is 26.7 Å². The number of hydrogen-bond acceptors (Lipinski definition) is 6. The maximum absolute atomic E-state index is 12.0. The van der Waals surface area contributed by atoms with Crippen molar-refractivity contribution >= 4 is 22.4 Å². The first-order valence-electron chi connectivity index (χ1n) is 5.96. The van der Waals surface area contributed by atoms with Gasteiger partial charge < -0.3 is 15.4 Å². The predicted octanol–water partition coefficient (Wildman–Crippen LogP) is 1.27. The minimum atomic E-state index is -0.173. The second kappa shape index (κ2) is 5.19. The Morgan fingerprint density at radius 2 is 2.28 bits per heavy atom. The Bertz CT molecular complexity index is 432. The number of carbonyl (C=O) groups is 1. The summed E-state index contributed by atoms with van der Waals surface area (Å²) in [6.07, 6.45) is 1.66. The Kier molecular flexibility index (Phi) is 3.82. The molecule has 1 aromatic rings. The molecule has 2 heterocycles. The molecule has 0 saturated carbocycles. The Balaban J connectivity index is 1.94. The number of amides is 1. The number of hydrogen-bond donors (Lipinski definition) is 2. The lowest BCUT2D eigenvalue weighted by Crippen LogP contribution is -2.45. The molecular formula is C11H18N4O2S. The lowest BCUT2D eigenvalue weighted by molar-refractivity contribution is -0.0615. The molecule has 1 aromatic heterocycles. The molecule has 1 aliphatic rings. The third-order valence-corrected chi connectivity index (χ3v) is 3.80. The van der Waals surface area contributed by atoms with Gasteiger partial charge in [0.15, 0.2) is 0 Å². The molecule has 18 heavy (non-hydrogen) atoms. The van der Waals surface area contributed by atoms with Crippen LogP contribution in [0.1, 0.15) is 36.5 Å². The SMILES string of the molecule is CNc1nnc(C(=O)NC2CCOC(C)(C)C2)s1. The lowest BCUT2D eigenvalue weighted by atomic mass is 9.94. The summed E-state index contributed by atoms with van der Waals surface area (Å²) in [5.74, 6) is -0.156. The minimum absolute atomic E-state index is 0.142. The standard InChI is InChI=1S/C11H18N4O2S/c1-11(2)6-7(4-5-17-11)13-8(16)9-14-15-10(12-3)18-9/h7H,4-6H2,1-3H3,(H,12,15)(H,13,16). The van der Waals surface area contributed by atoms with Gasteiger partial charge in [-0.3, -0.25) is 4.79 Å². The molecule has 1 saturated heterocycles. The molecule has 2 N–H and O–H groups in total. The molecule has 2 rings (SSSR count). The molecule has 0 aliphatic carbocycles. The Hall–Kier alpha value is -1.21. The van der Waals surface area contributed by atoms with E-state index in [4.69, 9.17) is 4.74 Å². The molecule has 7 heteroatoms. The van der Waals surface area contributed by atoms with Crippen LogP contribution in [0.5, 0.6) is 0 Å². The average molecular weight is 270 g/mol. The van der Waals surface area contributed by atoms with Gasteiger partial charge >= 0.3 is 0 Å². The van der Waals surface area contributed by atoms with Crippen LogP contribution in [0, 0.1) is 0 Å². The molecule has 1 aliphatic heterocycles. The van der Waals surface area contributed by atoms with E-state index in [2.05, 4.69) is 20.8 Å². The van der Waals surface area contributed by atoms with Crippen LogP contribution in [-0.2, 0) is 4.74 Å². The first kappa shape index (κ1) is 13.2. The Labute approximate surface area is 110 Å². The number of nitrogens with one attached hydrogen (secondary N) is 2. The molecule has 1 atom stereocenters. The number of anilines is 1. The average Bonchev–Trinajstić information content (AvgIpc) is 2.76. The van der Waals surface area contributed by atoms with E-state index in [1.807, 2.05) is 13.8 Å². The first-order chi connectivity index (χ1) is 8.50. The summed E-state index contributed by atoms with van der Waals surface area (Å²) in [5, 5.41) is 14.6. The van der Waals surface area contributed by atoms with E-state index in [0.717, 1.165) is 12.8 Å². The third kappa shape index (κ3) is 3.17. The van der Waals surface area contributed by atoms with Crippen LogP contribution in [0.15, 0.2) is 0 Å². The quantitative estimate of drug-likeness (QED) is 0.865. The molecule has 0 radical (unpaired) electrons. The summed E-state index contributed by atoms with van der Waals surface area (Å²) in [4.78, 5) is 12.0. The maximum Gasteiger partial charge on any atom is 0.282 e. The second-order valence-corrected chi connectivity index (χ2v) is 5.91. The second-order valence-electron chi connectivity index (χ2n) is 4.93. The van der Waals surface area contributed by atoms with Crippen molar-refractivity contribution in [2.24, 2.45) is 0 Å². The fourth-order valence-electron chi connectivity index (χ4n) is 2.02. The fraction of sp³-hybridized carbons (Fsp3) is 0.727. The molecule has 0 bridgehead atoms. The number of ether oxygens (including phenoxy) is 1. The van der Waals surface area contributed by atoms with Crippen molar-refractivity contribution in [2.45, 2.75) is 38.3 Å². The van der Waals surface area contributed by atoms with E-state index in [0.29, 0.717) is 16.7 Å². The topological polar surface area (TPSA) is 76.1 Å². The van der Waals surface area contributed by atoms with Crippen molar-refractivity contribution in [3.63, 3.8) is 0 Å². The summed E-state index contributed by atoms with van der Waals surface area (Å²) in [7, 11) is 1.75. The summed E-state index contributed by atoms with van der Waals surface area (Å²) in [5.41, 5.74) is -0.173. The van der Waals surface area contributed by atoms with Crippen LogP contribution in [0.4, 0.5) is 5.13 Å². The van der Waals surface area contributed by atoms with Crippen LogP contribution in [-0.4, -0.2) is 41.4 Å². The molecule has 1 amide bonds. The molecule has 6 nitrogen and oxygen atoms in total. The zero-order valence-electron chi connectivity index (χ0n) is 10.8.